The Morgan fingerprint density at radius 1 is 1.36 bits per heavy atom. The van der Waals surface area contributed by atoms with Crippen LogP contribution in [0.2, 0.25) is 0 Å². The topological polar surface area (TPSA) is 40.2 Å². The van der Waals surface area contributed by atoms with E-state index in [2.05, 4.69) is 49.8 Å². The van der Waals surface area contributed by atoms with Gasteiger partial charge in [-0.2, -0.15) is 0 Å². The number of nitrogens with zero attached hydrogens (tertiary/aromatic N) is 1. The highest BCUT2D eigenvalue weighted by molar-refractivity contribution is 7.45. The summed E-state index contributed by atoms with van der Waals surface area (Å²) in [7, 11) is 1.03. The molecule has 0 saturated carbocycles. The van der Waals surface area contributed by atoms with Gasteiger partial charge in [0.1, 0.15) is 31.8 Å². The summed E-state index contributed by atoms with van der Waals surface area (Å²) in [6.07, 6.45) is 3.43. The molecule has 0 radical (unpaired) electrons. The smallest absolute Gasteiger partial charge is 0.260 e. The van der Waals surface area contributed by atoms with Crippen molar-refractivity contribution in [1.82, 2.24) is 4.67 Å². The molecule has 5 nitrogen and oxygen atoms in total. The van der Waals surface area contributed by atoms with Crippen LogP contribution in [0.5, 0.6) is 0 Å². The molecule has 4 aliphatic rings. The number of hydrogen-bond donors (Lipinski definition) is 0. The van der Waals surface area contributed by atoms with Gasteiger partial charge in [-0.25, -0.2) is 4.67 Å². The number of rotatable bonds is 4. The van der Waals surface area contributed by atoms with E-state index in [-0.39, 0.29) is 29.9 Å². The summed E-state index contributed by atoms with van der Waals surface area (Å²) in [4.78, 5) is 0. The van der Waals surface area contributed by atoms with E-state index >= 15 is 0 Å². The third kappa shape index (κ3) is 2.54. The molecule has 0 aliphatic carbocycles. The second kappa shape index (κ2) is 6.30. The summed E-state index contributed by atoms with van der Waals surface area (Å²) in [5.74, 6) is 0. The quantitative estimate of drug-likeness (QED) is 0.608. The predicted molar refractivity (Wildman–Crippen MR) is 98.0 cm³/mol. The van der Waals surface area contributed by atoms with Crippen molar-refractivity contribution in [1.29, 1.82) is 0 Å². The molecule has 0 spiro atoms. The summed E-state index contributed by atoms with van der Waals surface area (Å²) in [6.45, 7) is 3.86. The van der Waals surface area contributed by atoms with Crippen LogP contribution in [0.4, 0.5) is 0 Å². The fourth-order valence-corrected chi connectivity index (χ4v) is 6.83. The van der Waals surface area contributed by atoms with Gasteiger partial charge in [-0.1, -0.05) is 37.3 Å². The van der Waals surface area contributed by atoms with Crippen molar-refractivity contribution in [2.75, 3.05) is 13.2 Å². The second-order valence-corrected chi connectivity index (χ2v) is 9.00. The van der Waals surface area contributed by atoms with E-state index in [1.807, 2.05) is 0 Å². The Morgan fingerprint density at radius 2 is 2.20 bits per heavy atom. The van der Waals surface area contributed by atoms with Crippen molar-refractivity contribution >= 4 is 16.4 Å². The van der Waals surface area contributed by atoms with Gasteiger partial charge in [0, 0.05) is 12.6 Å². The van der Waals surface area contributed by atoms with Gasteiger partial charge < -0.3 is 18.5 Å². The summed E-state index contributed by atoms with van der Waals surface area (Å²) in [5, 5.41) is 0. The first-order chi connectivity index (χ1) is 12.2. The minimum atomic E-state index is -1.06. The molecule has 4 unspecified atom stereocenters. The van der Waals surface area contributed by atoms with Crippen LogP contribution in [0.15, 0.2) is 30.3 Å². The van der Waals surface area contributed by atoms with Crippen LogP contribution in [-0.4, -0.2) is 55.5 Å². The highest BCUT2D eigenvalue weighted by Crippen LogP contribution is 2.62. The second-order valence-electron chi connectivity index (χ2n) is 7.59. The third-order valence-electron chi connectivity index (χ3n) is 6.18. The lowest BCUT2D eigenvalue weighted by atomic mass is 9.91. The first-order valence-corrected chi connectivity index (χ1v) is 10.6. The van der Waals surface area contributed by atoms with E-state index in [1.54, 1.807) is 0 Å². The molecule has 4 heterocycles. The molecule has 4 fully saturated rings. The molecule has 5 rings (SSSR count). The lowest BCUT2D eigenvalue weighted by Gasteiger charge is -2.31. The number of ether oxygens (including phenoxy) is 2. The fourth-order valence-electron chi connectivity index (χ4n) is 4.79. The van der Waals surface area contributed by atoms with E-state index in [0.717, 1.165) is 13.0 Å². The van der Waals surface area contributed by atoms with Gasteiger partial charge in [0.05, 0.1) is 12.6 Å². The van der Waals surface area contributed by atoms with Gasteiger partial charge >= 0.3 is 0 Å². The van der Waals surface area contributed by atoms with Crippen LogP contribution in [0, 0.1) is 0 Å². The number of hydrogen-bond acceptors (Lipinski definition) is 5. The largest absolute Gasteiger partial charge is 0.373 e. The van der Waals surface area contributed by atoms with Crippen molar-refractivity contribution in [3.05, 3.63) is 35.9 Å². The molecule has 134 valence electrons. The molecule has 7 heteroatoms. The summed E-state index contributed by atoms with van der Waals surface area (Å²) < 4.78 is 27.8. The van der Waals surface area contributed by atoms with Crippen LogP contribution in [0.3, 0.4) is 0 Å². The maximum Gasteiger partial charge on any atom is 0.260 e. The van der Waals surface area contributed by atoms with Gasteiger partial charge in [-0.05, 0) is 24.8 Å². The van der Waals surface area contributed by atoms with Crippen LogP contribution < -0.4 is 0 Å². The van der Waals surface area contributed by atoms with Crippen molar-refractivity contribution in [2.45, 2.75) is 62.1 Å². The lowest BCUT2D eigenvalue weighted by molar-refractivity contribution is -0.117. The predicted octanol–water partition coefficient (Wildman–Crippen LogP) is 2.37. The minimum absolute atomic E-state index is 0.0191. The molecule has 1 aromatic rings. The molecule has 0 N–H and O–H groups in total. The maximum absolute atomic E-state index is 6.61. The van der Waals surface area contributed by atoms with Crippen molar-refractivity contribution in [2.24, 2.45) is 0 Å². The van der Waals surface area contributed by atoms with Gasteiger partial charge in [-0.15, -0.1) is 0 Å². The van der Waals surface area contributed by atoms with E-state index in [4.69, 9.17) is 18.5 Å². The summed E-state index contributed by atoms with van der Waals surface area (Å²) in [6, 6.07) is 11.1. The van der Waals surface area contributed by atoms with Crippen molar-refractivity contribution in [3.63, 3.8) is 0 Å². The van der Waals surface area contributed by atoms with Crippen LogP contribution >= 0.6 is 8.53 Å². The van der Waals surface area contributed by atoms with Crippen LogP contribution in [0.1, 0.15) is 37.9 Å². The monoisotopic (exact) mass is 361 g/mol. The van der Waals surface area contributed by atoms with Gasteiger partial charge in [0.15, 0.2) is 0 Å². The molecule has 1 aromatic carbocycles. The molecule has 2 bridgehead atoms. The Bertz CT molecular complexity index is 637. The van der Waals surface area contributed by atoms with E-state index in [1.165, 1.54) is 18.4 Å². The standard InChI is InChI=1S/C18H25BNO4P/c1-2-18-11-21-15(17(19)22-18)16(18)24-25-20-10-6-9-13(20)14(23-25)12-7-4-3-5-8-12/h3-5,7-8,13-17H,2,6,9-11,19H2,1H3/t13?,14?,15-,16?,17+,18-,25?/m0/s1. The van der Waals surface area contributed by atoms with Crippen LogP contribution in [-0.2, 0) is 18.5 Å². The summed E-state index contributed by atoms with van der Waals surface area (Å²) in [5.41, 5.74) is 0.962. The Hall–Kier alpha value is -0.485. The normalized spacial score (nSPS) is 46.0. The van der Waals surface area contributed by atoms with E-state index in [9.17, 15) is 0 Å². The third-order valence-corrected chi connectivity index (χ3v) is 7.91. The molecule has 7 atom stereocenters. The van der Waals surface area contributed by atoms with Crippen molar-refractivity contribution < 1.29 is 18.5 Å². The molecule has 4 saturated heterocycles. The molecular formula is C18H25BNO4P. The highest BCUT2D eigenvalue weighted by atomic mass is 31.2. The van der Waals surface area contributed by atoms with Crippen LogP contribution in [0.25, 0.3) is 0 Å². The zero-order valence-corrected chi connectivity index (χ0v) is 15.7. The van der Waals surface area contributed by atoms with Crippen molar-refractivity contribution in [3.8, 4) is 0 Å². The maximum atomic E-state index is 6.61. The lowest BCUT2D eigenvalue weighted by Crippen LogP contribution is -2.41. The Balaban J connectivity index is 1.38. The average molecular weight is 361 g/mol. The van der Waals surface area contributed by atoms with E-state index in [0.29, 0.717) is 12.6 Å². The zero-order valence-electron chi connectivity index (χ0n) is 14.8. The van der Waals surface area contributed by atoms with E-state index < -0.39 is 8.53 Å². The molecule has 25 heavy (non-hydrogen) atoms. The highest BCUT2D eigenvalue weighted by Gasteiger charge is 2.62. The first kappa shape index (κ1) is 16.7. The summed E-state index contributed by atoms with van der Waals surface area (Å²) >= 11 is 0. The molecule has 0 aromatic heterocycles. The van der Waals surface area contributed by atoms with Gasteiger partial charge in [0.25, 0.3) is 8.53 Å². The SMILES string of the molecule is B[C@@H]1O[C@@]2(CC)CO[C@H]1C2OP1OC(c2ccccc2)C2CCCN21. The fraction of sp³-hybridized carbons (Fsp3) is 0.667. The molecule has 0 amide bonds. The molecular weight excluding hydrogens is 336 g/mol. The minimum Gasteiger partial charge on any atom is -0.373 e. The van der Waals surface area contributed by atoms with Gasteiger partial charge in [0.2, 0.25) is 0 Å². The zero-order chi connectivity index (χ0) is 17.0. The Labute approximate surface area is 151 Å². The first-order valence-electron chi connectivity index (χ1n) is 9.46. The Morgan fingerprint density at radius 3 is 2.96 bits per heavy atom. The molecule has 4 aliphatic heterocycles. The average Bonchev–Trinajstić information content (AvgIpc) is 3.37. The number of fused-ring (bicyclic) bond motifs is 3. The van der Waals surface area contributed by atoms with Gasteiger partial charge in [-0.3, -0.25) is 0 Å². The number of benzene rings is 1. The Kier molecular flexibility index (Phi) is 4.20.